The van der Waals surface area contributed by atoms with Gasteiger partial charge in [0.15, 0.2) is 0 Å². The second-order valence-electron chi connectivity index (χ2n) is 8.63. The maximum absolute atomic E-state index is 12.6. The molecule has 5 rings (SSSR count). The lowest BCUT2D eigenvalue weighted by atomic mass is 9.95. The SMILES string of the molecule is O=C(Nc1ccc(-c2cn3c(n2)CCCC3)cc1)C1CCN(C(=O)C2CC2)CC1. The summed E-state index contributed by atoms with van der Waals surface area (Å²) in [7, 11) is 0. The number of carbonyl (C=O) groups is 2. The predicted molar refractivity (Wildman–Crippen MR) is 111 cm³/mol. The fraction of sp³-hybridized carbons (Fsp3) is 0.522. The van der Waals surface area contributed by atoms with Crippen LogP contribution in [0, 0.1) is 11.8 Å². The minimum Gasteiger partial charge on any atom is -0.342 e. The highest BCUT2D eigenvalue weighted by atomic mass is 16.2. The number of benzene rings is 1. The van der Waals surface area contributed by atoms with Crippen LogP contribution in [0.15, 0.2) is 30.5 Å². The van der Waals surface area contributed by atoms with Crippen molar-refractivity contribution in [1.82, 2.24) is 14.5 Å². The third-order valence-electron chi connectivity index (χ3n) is 6.46. The lowest BCUT2D eigenvalue weighted by Gasteiger charge is -2.31. The molecule has 3 heterocycles. The molecule has 1 aromatic heterocycles. The van der Waals surface area contributed by atoms with E-state index in [1.54, 1.807) is 0 Å². The Labute approximate surface area is 171 Å². The molecule has 2 aliphatic heterocycles. The summed E-state index contributed by atoms with van der Waals surface area (Å²) in [5, 5.41) is 3.05. The summed E-state index contributed by atoms with van der Waals surface area (Å²) in [6, 6.07) is 7.97. The number of piperidine rings is 1. The molecular weight excluding hydrogens is 364 g/mol. The zero-order valence-corrected chi connectivity index (χ0v) is 16.8. The summed E-state index contributed by atoms with van der Waals surface area (Å²) in [6.07, 6.45) is 9.22. The maximum atomic E-state index is 12.6. The number of anilines is 1. The van der Waals surface area contributed by atoms with Crippen LogP contribution in [0.2, 0.25) is 0 Å². The number of aryl methyl sites for hydroxylation is 2. The van der Waals surface area contributed by atoms with E-state index >= 15 is 0 Å². The highest BCUT2D eigenvalue weighted by Gasteiger charge is 2.35. The molecule has 0 unspecified atom stereocenters. The van der Waals surface area contributed by atoms with Gasteiger partial charge in [0.25, 0.3) is 0 Å². The molecule has 3 aliphatic rings. The topological polar surface area (TPSA) is 67.2 Å². The van der Waals surface area contributed by atoms with Gasteiger partial charge in [-0.2, -0.15) is 0 Å². The first-order chi connectivity index (χ1) is 14.2. The highest BCUT2D eigenvalue weighted by Crippen LogP contribution is 2.32. The number of aromatic nitrogens is 2. The van der Waals surface area contributed by atoms with E-state index in [0.717, 1.165) is 55.6 Å². The molecule has 1 aliphatic carbocycles. The van der Waals surface area contributed by atoms with Crippen molar-refractivity contribution in [1.29, 1.82) is 0 Å². The molecular formula is C23H28N4O2. The molecule has 0 atom stereocenters. The van der Waals surface area contributed by atoms with Gasteiger partial charge in [-0.05, 0) is 50.7 Å². The third-order valence-corrected chi connectivity index (χ3v) is 6.46. The van der Waals surface area contributed by atoms with Crippen LogP contribution in [-0.4, -0.2) is 39.4 Å². The lowest BCUT2D eigenvalue weighted by molar-refractivity contribution is -0.135. The van der Waals surface area contributed by atoms with Crippen LogP contribution in [0.3, 0.4) is 0 Å². The monoisotopic (exact) mass is 392 g/mol. The Bertz CT molecular complexity index is 882. The van der Waals surface area contributed by atoms with Gasteiger partial charge in [0.2, 0.25) is 11.8 Å². The Morgan fingerprint density at radius 2 is 1.69 bits per heavy atom. The van der Waals surface area contributed by atoms with Crippen LogP contribution < -0.4 is 5.32 Å². The zero-order valence-electron chi connectivity index (χ0n) is 16.8. The smallest absolute Gasteiger partial charge is 0.227 e. The van der Waals surface area contributed by atoms with E-state index in [1.165, 1.54) is 18.7 Å². The fourth-order valence-corrected chi connectivity index (χ4v) is 4.47. The van der Waals surface area contributed by atoms with Gasteiger partial charge in [0, 0.05) is 55.3 Å². The Kier molecular flexibility index (Phi) is 4.86. The lowest BCUT2D eigenvalue weighted by Crippen LogP contribution is -2.42. The Hall–Kier alpha value is -2.63. The number of likely N-dealkylation sites (tertiary alicyclic amines) is 1. The number of rotatable bonds is 4. The van der Waals surface area contributed by atoms with Gasteiger partial charge >= 0.3 is 0 Å². The standard InChI is InChI=1S/C23H28N4O2/c28-22(17-10-13-26(14-11-17)23(29)18-4-5-18)24-19-8-6-16(7-9-19)20-15-27-12-2-1-3-21(27)25-20/h6-9,15,17-18H,1-5,10-14H2,(H,24,28). The number of amides is 2. The van der Waals surface area contributed by atoms with Crippen molar-refractivity contribution >= 4 is 17.5 Å². The zero-order chi connectivity index (χ0) is 19.8. The number of nitrogens with one attached hydrogen (secondary N) is 1. The molecule has 152 valence electrons. The molecule has 1 saturated carbocycles. The summed E-state index contributed by atoms with van der Waals surface area (Å²) >= 11 is 0. The molecule has 6 nitrogen and oxygen atoms in total. The summed E-state index contributed by atoms with van der Waals surface area (Å²) in [4.78, 5) is 31.5. The predicted octanol–water partition coefficient (Wildman–Crippen LogP) is 3.47. The quantitative estimate of drug-likeness (QED) is 0.866. The van der Waals surface area contributed by atoms with Crippen molar-refractivity contribution in [2.45, 2.75) is 51.5 Å². The fourth-order valence-electron chi connectivity index (χ4n) is 4.47. The Morgan fingerprint density at radius 3 is 2.38 bits per heavy atom. The van der Waals surface area contributed by atoms with Crippen molar-refractivity contribution in [2.24, 2.45) is 11.8 Å². The van der Waals surface area contributed by atoms with Crippen LogP contribution >= 0.6 is 0 Å². The van der Waals surface area contributed by atoms with Crippen LogP contribution in [0.1, 0.15) is 44.3 Å². The Morgan fingerprint density at radius 1 is 0.931 bits per heavy atom. The number of hydrogen-bond donors (Lipinski definition) is 1. The van der Waals surface area contributed by atoms with Crippen molar-refractivity contribution in [3.05, 3.63) is 36.3 Å². The van der Waals surface area contributed by atoms with E-state index in [-0.39, 0.29) is 17.7 Å². The number of hydrogen-bond acceptors (Lipinski definition) is 3. The van der Waals surface area contributed by atoms with Gasteiger partial charge in [-0.25, -0.2) is 4.98 Å². The van der Waals surface area contributed by atoms with Gasteiger partial charge in [-0.15, -0.1) is 0 Å². The largest absolute Gasteiger partial charge is 0.342 e. The second kappa shape index (κ2) is 7.65. The molecule has 1 aromatic carbocycles. The van der Waals surface area contributed by atoms with Crippen LogP contribution in [0.25, 0.3) is 11.3 Å². The van der Waals surface area contributed by atoms with Gasteiger partial charge in [0.05, 0.1) is 5.69 Å². The van der Waals surface area contributed by atoms with E-state index in [4.69, 9.17) is 4.98 Å². The average Bonchev–Trinajstić information content (AvgIpc) is 3.52. The van der Waals surface area contributed by atoms with Crippen molar-refractivity contribution in [3.8, 4) is 11.3 Å². The first-order valence-electron chi connectivity index (χ1n) is 10.9. The molecule has 1 saturated heterocycles. The van der Waals surface area contributed by atoms with E-state index in [9.17, 15) is 9.59 Å². The number of carbonyl (C=O) groups excluding carboxylic acids is 2. The van der Waals surface area contributed by atoms with Gasteiger partial charge in [-0.1, -0.05) is 12.1 Å². The summed E-state index contributed by atoms with van der Waals surface area (Å²) in [6.45, 7) is 2.47. The molecule has 29 heavy (non-hydrogen) atoms. The molecule has 0 bridgehead atoms. The first kappa shape index (κ1) is 18.4. The molecule has 2 amide bonds. The summed E-state index contributed by atoms with van der Waals surface area (Å²) in [5.41, 5.74) is 2.91. The first-order valence-corrected chi connectivity index (χ1v) is 10.9. The number of imidazole rings is 1. The molecule has 1 N–H and O–H groups in total. The summed E-state index contributed by atoms with van der Waals surface area (Å²) in [5.74, 6) is 1.78. The third kappa shape index (κ3) is 3.93. The van der Waals surface area contributed by atoms with E-state index in [2.05, 4.69) is 16.1 Å². The molecule has 6 heteroatoms. The van der Waals surface area contributed by atoms with Crippen molar-refractivity contribution in [3.63, 3.8) is 0 Å². The average molecular weight is 393 g/mol. The number of fused-ring (bicyclic) bond motifs is 1. The van der Waals surface area contributed by atoms with E-state index < -0.39 is 0 Å². The van der Waals surface area contributed by atoms with E-state index in [1.807, 2.05) is 29.2 Å². The van der Waals surface area contributed by atoms with Crippen molar-refractivity contribution < 1.29 is 9.59 Å². The Balaban J connectivity index is 1.17. The van der Waals surface area contributed by atoms with Crippen LogP contribution in [-0.2, 0) is 22.6 Å². The number of nitrogens with zero attached hydrogens (tertiary/aromatic N) is 3. The molecule has 0 radical (unpaired) electrons. The maximum Gasteiger partial charge on any atom is 0.227 e. The molecule has 2 fully saturated rings. The van der Waals surface area contributed by atoms with Gasteiger partial charge in [0.1, 0.15) is 5.82 Å². The highest BCUT2D eigenvalue weighted by molar-refractivity contribution is 5.93. The van der Waals surface area contributed by atoms with Crippen molar-refractivity contribution in [2.75, 3.05) is 18.4 Å². The van der Waals surface area contributed by atoms with Gasteiger partial charge < -0.3 is 14.8 Å². The molecule has 0 spiro atoms. The van der Waals surface area contributed by atoms with Crippen LogP contribution in [0.4, 0.5) is 5.69 Å². The summed E-state index contributed by atoms with van der Waals surface area (Å²) < 4.78 is 2.26. The van der Waals surface area contributed by atoms with E-state index in [0.29, 0.717) is 19.0 Å². The normalized spacial score (nSPS) is 19.7. The van der Waals surface area contributed by atoms with Crippen LogP contribution in [0.5, 0.6) is 0 Å². The minimum absolute atomic E-state index is 0.0159. The minimum atomic E-state index is -0.0159. The second-order valence-corrected chi connectivity index (χ2v) is 8.63. The molecule has 2 aromatic rings. The van der Waals surface area contributed by atoms with Gasteiger partial charge in [-0.3, -0.25) is 9.59 Å².